The maximum Gasteiger partial charge on any atom is 3.00 e. The topological polar surface area (TPSA) is 126 Å². The van der Waals surface area contributed by atoms with Gasteiger partial charge in [0.1, 0.15) is 0 Å². The van der Waals surface area contributed by atoms with Crippen LogP contribution in [0.4, 0.5) is 0 Å². The first-order valence-corrected chi connectivity index (χ1v) is 0. The predicted octanol–water partition coefficient (Wildman–Crippen LogP) is -3.30. The molecule has 0 radical (unpaired) electrons. The minimum Gasteiger partial charge on any atom is -0.412 e. The molecule has 5 heavy (non-hydrogen) atoms. The Kier molecular flexibility index (Phi) is 2810. The Balaban J connectivity index is 0. The van der Waals surface area contributed by atoms with Crippen LogP contribution in [0.3, 0.4) is 0 Å². The van der Waals surface area contributed by atoms with Crippen molar-refractivity contribution in [1.29, 1.82) is 0 Å². The van der Waals surface area contributed by atoms with E-state index in [1.165, 1.54) is 0 Å². The van der Waals surface area contributed by atoms with Gasteiger partial charge in [-0.3, -0.25) is 0 Å². The van der Waals surface area contributed by atoms with Gasteiger partial charge in [0.25, 0.3) is 0 Å². The van der Waals surface area contributed by atoms with Crippen LogP contribution in [-0.4, -0.2) is 21.9 Å². The minimum absolute atomic E-state index is 0. The van der Waals surface area contributed by atoms with E-state index in [1.807, 2.05) is 0 Å². The minimum atomic E-state index is 0. The summed E-state index contributed by atoms with van der Waals surface area (Å²) in [6, 6.07) is 0. The average molecular weight is 161 g/mol. The molecule has 0 unspecified atom stereocenters. The van der Waals surface area contributed by atoms with Crippen LogP contribution in [0, 0.1) is 0 Å². The van der Waals surface area contributed by atoms with Gasteiger partial charge in [0, 0.05) is 0 Å². The van der Waals surface area contributed by atoms with Crippen LogP contribution < -0.4 is 0 Å². The zero-order valence-corrected chi connectivity index (χ0v) is 5.42. The second-order valence-corrected chi connectivity index (χ2v) is 0. The average Bonchev–Trinajstić information content (AvgIpc) is 0. The predicted molar refractivity (Wildman–Crippen MR) is 14.5 cm³/mol. The molecule has 0 spiro atoms. The van der Waals surface area contributed by atoms with Gasteiger partial charge in [0.05, 0.1) is 0 Å². The van der Waals surface area contributed by atoms with Crippen LogP contribution >= 0.6 is 0 Å². The fourth-order valence-corrected chi connectivity index (χ4v) is 0. The Hall–Kier alpha value is 0.944. The molecule has 0 aliphatic heterocycles. The molecule has 0 aromatic heterocycles. The first kappa shape index (κ1) is 163. The molecule has 0 amide bonds. The summed E-state index contributed by atoms with van der Waals surface area (Å²) in [5, 5.41) is 0. The molecular formula is H8O4Y+3. The van der Waals surface area contributed by atoms with Gasteiger partial charge in [-0.05, 0) is 0 Å². The van der Waals surface area contributed by atoms with Crippen molar-refractivity contribution in [2.75, 3.05) is 0 Å². The van der Waals surface area contributed by atoms with Crippen LogP contribution in [0.1, 0.15) is 0 Å². The van der Waals surface area contributed by atoms with Crippen molar-refractivity contribution in [3.8, 4) is 0 Å². The van der Waals surface area contributed by atoms with E-state index in [2.05, 4.69) is 0 Å². The molecule has 0 saturated carbocycles. The third-order valence-electron chi connectivity index (χ3n) is 0. The number of hydrogen-bond donors (Lipinski definition) is 0. The molecule has 0 atom stereocenters. The fraction of sp³-hybridized carbons (Fsp3) is 0. The van der Waals surface area contributed by atoms with Gasteiger partial charge in [0.15, 0.2) is 0 Å². The molecule has 0 aromatic rings. The summed E-state index contributed by atoms with van der Waals surface area (Å²) in [6.07, 6.45) is 0. The molecule has 0 bridgehead atoms. The molecule has 0 aromatic carbocycles. The van der Waals surface area contributed by atoms with E-state index in [1.54, 1.807) is 0 Å². The van der Waals surface area contributed by atoms with Gasteiger partial charge < -0.3 is 21.9 Å². The second kappa shape index (κ2) is 86.3. The van der Waals surface area contributed by atoms with Gasteiger partial charge in [-0.15, -0.1) is 0 Å². The van der Waals surface area contributed by atoms with Gasteiger partial charge in [-0.1, -0.05) is 0 Å². The van der Waals surface area contributed by atoms with E-state index in [0.29, 0.717) is 0 Å². The van der Waals surface area contributed by atoms with Crippen molar-refractivity contribution in [2.24, 2.45) is 0 Å². The van der Waals surface area contributed by atoms with Crippen molar-refractivity contribution in [1.82, 2.24) is 0 Å². The molecule has 0 aliphatic carbocycles. The monoisotopic (exact) mass is 161 g/mol. The van der Waals surface area contributed by atoms with Crippen LogP contribution in [0.15, 0.2) is 0 Å². The molecule has 0 heterocycles. The Labute approximate surface area is 54.7 Å². The molecule has 0 rings (SSSR count). The Morgan fingerprint density at radius 1 is 0.400 bits per heavy atom. The molecule has 4 nitrogen and oxygen atoms in total. The normalized spacial score (nSPS) is 0. The van der Waals surface area contributed by atoms with E-state index in [4.69, 9.17) is 0 Å². The molecule has 5 heteroatoms. The van der Waals surface area contributed by atoms with Crippen molar-refractivity contribution < 1.29 is 54.6 Å². The van der Waals surface area contributed by atoms with E-state index < -0.39 is 0 Å². The summed E-state index contributed by atoms with van der Waals surface area (Å²) in [5.41, 5.74) is 0. The summed E-state index contributed by atoms with van der Waals surface area (Å²) in [7, 11) is 0. The molecule has 0 fully saturated rings. The van der Waals surface area contributed by atoms with Crippen LogP contribution in [0.25, 0.3) is 0 Å². The third kappa shape index (κ3) is 48.1. The Morgan fingerprint density at radius 2 is 0.400 bits per heavy atom. The van der Waals surface area contributed by atoms with Crippen LogP contribution in [-0.2, 0) is 32.7 Å². The van der Waals surface area contributed by atoms with Crippen molar-refractivity contribution in [3.63, 3.8) is 0 Å². The second-order valence-electron chi connectivity index (χ2n) is 0. The van der Waals surface area contributed by atoms with Gasteiger partial charge in [0.2, 0.25) is 0 Å². The van der Waals surface area contributed by atoms with Gasteiger partial charge >= 0.3 is 32.7 Å². The summed E-state index contributed by atoms with van der Waals surface area (Å²) < 4.78 is 0. The maximum atomic E-state index is 0. The molecular weight excluding hydrogens is 153 g/mol. The quantitative estimate of drug-likeness (QED) is 0.352. The zero-order chi connectivity index (χ0) is 0. The fourth-order valence-electron chi connectivity index (χ4n) is 0. The molecule has 32 valence electrons. The smallest absolute Gasteiger partial charge is 0.412 e. The van der Waals surface area contributed by atoms with E-state index in [-0.39, 0.29) is 54.6 Å². The van der Waals surface area contributed by atoms with Crippen LogP contribution in [0.5, 0.6) is 0 Å². The van der Waals surface area contributed by atoms with Crippen molar-refractivity contribution >= 4 is 0 Å². The van der Waals surface area contributed by atoms with Crippen LogP contribution in [0.2, 0.25) is 0 Å². The first-order chi connectivity index (χ1) is 0. The Bertz CT molecular complexity index is 3.61. The first-order valence-electron chi connectivity index (χ1n) is 0. The standard InChI is InChI=1S/4H2O.Y/h4*1H2;/q;;;;+3. The maximum absolute atomic E-state index is 0. The van der Waals surface area contributed by atoms with E-state index in [0.717, 1.165) is 0 Å². The summed E-state index contributed by atoms with van der Waals surface area (Å²) >= 11 is 0. The number of hydrogen-bond acceptors (Lipinski definition) is 0. The number of rotatable bonds is 0. The molecule has 0 saturated heterocycles. The largest absolute Gasteiger partial charge is 3.00 e. The summed E-state index contributed by atoms with van der Waals surface area (Å²) in [4.78, 5) is 0. The zero-order valence-electron chi connectivity index (χ0n) is 2.58. The third-order valence-corrected chi connectivity index (χ3v) is 0. The Morgan fingerprint density at radius 3 is 0.400 bits per heavy atom. The SMILES string of the molecule is O.O.O.O.[Y+3]. The summed E-state index contributed by atoms with van der Waals surface area (Å²) in [5.74, 6) is 0. The van der Waals surface area contributed by atoms with Gasteiger partial charge in [-0.2, -0.15) is 0 Å². The van der Waals surface area contributed by atoms with Gasteiger partial charge in [-0.25, -0.2) is 0 Å². The van der Waals surface area contributed by atoms with Crippen molar-refractivity contribution in [2.45, 2.75) is 0 Å². The van der Waals surface area contributed by atoms with E-state index in [9.17, 15) is 0 Å². The summed E-state index contributed by atoms with van der Waals surface area (Å²) in [6.45, 7) is 0. The van der Waals surface area contributed by atoms with E-state index >= 15 is 0 Å². The molecule has 8 N–H and O–H groups in total. The molecule has 0 aliphatic rings. The van der Waals surface area contributed by atoms with Crippen molar-refractivity contribution in [3.05, 3.63) is 0 Å².